The van der Waals surface area contributed by atoms with Gasteiger partial charge in [-0.3, -0.25) is 0 Å². The Balaban J connectivity index is 2.26. The van der Waals surface area contributed by atoms with Gasteiger partial charge in [0.2, 0.25) is 11.9 Å². The van der Waals surface area contributed by atoms with Crippen LogP contribution in [0.1, 0.15) is 33.6 Å². The van der Waals surface area contributed by atoms with E-state index < -0.39 is 0 Å². The number of hydrogen-bond acceptors (Lipinski definition) is 6. The lowest BCUT2D eigenvalue weighted by molar-refractivity contribution is 0.309. The van der Waals surface area contributed by atoms with Gasteiger partial charge in [0.05, 0.1) is 6.61 Å². The molecule has 1 aromatic rings. The van der Waals surface area contributed by atoms with Gasteiger partial charge in [0.25, 0.3) is 0 Å². The van der Waals surface area contributed by atoms with Gasteiger partial charge in [-0.05, 0) is 32.6 Å². The number of nitrogen functional groups attached to an aromatic ring is 1. The molecule has 1 fully saturated rings. The number of hydrogen-bond donors (Lipinski definition) is 1. The summed E-state index contributed by atoms with van der Waals surface area (Å²) in [5.74, 6) is 1.48. The fraction of sp³-hybridized carbons (Fsp3) is 0.750. The van der Waals surface area contributed by atoms with Gasteiger partial charge in [0.1, 0.15) is 0 Å². The van der Waals surface area contributed by atoms with Crippen molar-refractivity contribution in [2.24, 2.45) is 5.92 Å². The number of rotatable bonds is 3. The quantitative estimate of drug-likeness (QED) is 0.876. The molecule has 2 unspecified atom stereocenters. The van der Waals surface area contributed by atoms with Crippen molar-refractivity contribution in [2.45, 2.75) is 39.7 Å². The summed E-state index contributed by atoms with van der Waals surface area (Å²) in [5.41, 5.74) is 5.71. The molecule has 18 heavy (non-hydrogen) atoms. The number of nitrogens with two attached hydrogens (primary N) is 1. The first-order valence-corrected chi connectivity index (χ1v) is 6.52. The van der Waals surface area contributed by atoms with Crippen LogP contribution >= 0.6 is 0 Å². The molecule has 0 spiro atoms. The summed E-state index contributed by atoms with van der Waals surface area (Å²) >= 11 is 0. The van der Waals surface area contributed by atoms with E-state index in [1.165, 1.54) is 6.42 Å². The van der Waals surface area contributed by atoms with Gasteiger partial charge in [0.15, 0.2) is 0 Å². The zero-order chi connectivity index (χ0) is 13.1. The van der Waals surface area contributed by atoms with Gasteiger partial charge >= 0.3 is 6.01 Å². The van der Waals surface area contributed by atoms with Crippen LogP contribution < -0.4 is 15.4 Å². The highest BCUT2D eigenvalue weighted by molar-refractivity contribution is 5.37. The average molecular weight is 251 g/mol. The molecule has 0 amide bonds. The minimum Gasteiger partial charge on any atom is -0.464 e. The van der Waals surface area contributed by atoms with Crippen molar-refractivity contribution in [2.75, 3.05) is 23.8 Å². The minimum absolute atomic E-state index is 0.217. The Labute approximate surface area is 108 Å². The first-order chi connectivity index (χ1) is 8.61. The summed E-state index contributed by atoms with van der Waals surface area (Å²) in [6, 6.07) is 0.723. The smallest absolute Gasteiger partial charge is 0.323 e. The van der Waals surface area contributed by atoms with E-state index in [2.05, 4.69) is 33.7 Å². The van der Waals surface area contributed by atoms with Crippen LogP contribution in [0, 0.1) is 5.92 Å². The van der Waals surface area contributed by atoms with Crippen LogP contribution in [0.3, 0.4) is 0 Å². The van der Waals surface area contributed by atoms with Crippen molar-refractivity contribution in [3.8, 4) is 6.01 Å². The number of piperidine rings is 1. The Hall–Kier alpha value is -1.59. The molecule has 0 saturated carbocycles. The van der Waals surface area contributed by atoms with E-state index in [0.29, 0.717) is 30.5 Å². The third-order valence-electron chi connectivity index (χ3n) is 3.52. The molecule has 0 aromatic carbocycles. The van der Waals surface area contributed by atoms with Crippen LogP contribution in [0.4, 0.5) is 11.9 Å². The highest BCUT2D eigenvalue weighted by atomic mass is 16.5. The van der Waals surface area contributed by atoms with Crippen molar-refractivity contribution in [1.82, 2.24) is 15.0 Å². The average Bonchev–Trinajstić information content (AvgIpc) is 2.32. The van der Waals surface area contributed by atoms with Gasteiger partial charge in [-0.2, -0.15) is 15.0 Å². The highest BCUT2D eigenvalue weighted by Gasteiger charge is 2.27. The molecule has 2 rings (SSSR count). The van der Waals surface area contributed by atoms with Crippen molar-refractivity contribution in [3.05, 3.63) is 0 Å². The Morgan fingerprint density at radius 3 is 2.83 bits per heavy atom. The molecule has 1 aliphatic heterocycles. The van der Waals surface area contributed by atoms with Gasteiger partial charge in [0, 0.05) is 12.6 Å². The van der Waals surface area contributed by atoms with Crippen molar-refractivity contribution < 1.29 is 4.74 Å². The van der Waals surface area contributed by atoms with Crippen molar-refractivity contribution in [3.63, 3.8) is 0 Å². The lowest BCUT2D eigenvalue weighted by Gasteiger charge is -2.37. The summed E-state index contributed by atoms with van der Waals surface area (Å²) in [6.07, 6.45) is 2.40. The molecular weight excluding hydrogens is 230 g/mol. The van der Waals surface area contributed by atoms with Gasteiger partial charge < -0.3 is 15.4 Å². The number of nitrogens with zero attached hydrogens (tertiary/aromatic N) is 4. The van der Waals surface area contributed by atoms with E-state index in [-0.39, 0.29) is 5.95 Å². The zero-order valence-electron chi connectivity index (χ0n) is 11.3. The zero-order valence-corrected chi connectivity index (χ0v) is 11.3. The fourth-order valence-corrected chi connectivity index (χ4v) is 2.30. The van der Waals surface area contributed by atoms with Crippen molar-refractivity contribution >= 4 is 11.9 Å². The number of ether oxygens (including phenoxy) is 1. The van der Waals surface area contributed by atoms with E-state index in [9.17, 15) is 0 Å². The fourth-order valence-electron chi connectivity index (χ4n) is 2.30. The van der Waals surface area contributed by atoms with Crippen LogP contribution in [0.5, 0.6) is 6.01 Å². The Morgan fingerprint density at radius 2 is 2.11 bits per heavy atom. The third-order valence-corrected chi connectivity index (χ3v) is 3.52. The first-order valence-electron chi connectivity index (χ1n) is 6.52. The molecule has 2 N–H and O–H groups in total. The molecular formula is C12H21N5O. The Morgan fingerprint density at radius 1 is 1.33 bits per heavy atom. The second kappa shape index (κ2) is 5.37. The summed E-state index contributed by atoms with van der Waals surface area (Å²) in [4.78, 5) is 14.7. The van der Waals surface area contributed by atoms with Crippen LogP contribution in [0.15, 0.2) is 0 Å². The molecule has 1 aliphatic rings. The predicted octanol–water partition coefficient (Wildman–Crippen LogP) is 1.48. The van der Waals surface area contributed by atoms with E-state index >= 15 is 0 Å². The lowest BCUT2D eigenvalue weighted by Crippen LogP contribution is -2.43. The highest BCUT2D eigenvalue weighted by Crippen LogP contribution is 2.27. The SMILES string of the molecule is CCOc1nc(N)nc(N2CCCC(C)C2C)n1. The molecule has 0 radical (unpaired) electrons. The Kier molecular flexibility index (Phi) is 3.84. The minimum atomic E-state index is 0.217. The lowest BCUT2D eigenvalue weighted by atomic mass is 9.92. The molecule has 0 bridgehead atoms. The largest absolute Gasteiger partial charge is 0.464 e. The molecule has 100 valence electrons. The van der Waals surface area contributed by atoms with Gasteiger partial charge in [-0.25, -0.2) is 0 Å². The first kappa shape index (κ1) is 12.9. The molecule has 2 heterocycles. The molecule has 1 saturated heterocycles. The van der Waals surface area contributed by atoms with E-state index in [1.54, 1.807) is 0 Å². The second-order valence-corrected chi connectivity index (χ2v) is 4.76. The van der Waals surface area contributed by atoms with Gasteiger partial charge in [-0.1, -0.05) is 6.92 Å². The summed E-state index contributed by atoms with van der Waals surface area (Å²) in [7, 11) is 0. The summed E-state index contributed by atoms with van der Waals surface area (Å²) in [6.45, 7) is 7.83. The van der Waals surface area contributed by atoms with Crippen LogP contribution in [-0.2, 0) is 0 Å². The maximum absolute atomic E-state index is 5.71. The molecule has 0 aliphatic carbocycles. The third kappa shape index (κ3) is 2.63. The van der Waals surface area contributed by atoms with Crippen molar-refractivity contribution in [1.29, 1.82) is 0 Å². The molecule has 6 nitrogen and oxygen atoms in total. The number of anilines is 2. The van der Waals surface area contributed by atoms with Crippen LogP contribution in [0.2, 0.25) is 0 Å². The molecule has 2 atom stereocenters. The maximum atomic E-state index is 5.71. The van der Waals surface area contributed by atoms with Gasteiger partial charge in [-0.15, -0.1) is 0 Å². The van der Waals surface area contributed by atoms with E-state index in [4.69, 9.17) is 10.5 Å². The standard InChI is InChI=1S/C12H21N5O/c1-4-18-12-15-10(13)14-11(16-12)17-7-5-6-8(2)9(17)3/h8-9H,4-7H2,1-3H3,(H2,13,14,15,16). The summed E-state index contributed by atoms with van der Waals surface area (Å²) in [5, 5.41) is 0. The summed E-state index contributed by atoms with van der Waals surface area (Å²) < 4.78 is 5.31. The topological polar surface area (TPSA) is 77.2 Å². The second-order valence-electron chi connectivity index (χ2n) is 4.76. The van der Waals surface area contributed by atoms with Crippen LogP contribution in [0.25, 0.3) is 0 Å². The Bertz CT molecular complexity index is 411. The molecule has 6 heteroatoms. The maximum Gasteiger partial charge on any atom is 0.323 e. The molecule has 1 aromatic heterocycles. The van der Waals surface area contributed by atoms with Crippen LogP contribution in [-0.4, -0.2) is 34.1 Å². The monoisotopic (exact) mass is 251 g/mol. The normalized spacial score (nSPS) is 24.1. The van der Waals surface area contributed by atoms with E-state index in [0.717, 1.165) is 13.0 Å². The number of aromatic nitrogens is 3. The van der Waals surface area contributed by atoms with E-state index in [1.807, 2.05) is 6.92 Å². The predicted molar refractivity (Wildman–Crippen MR) is 70.6 cm³/mol.